The third-order valence-electron chi connectivity index (χ3n) is 3.31. The van der Waals surface area contributed by atoms with Gasteiger partial charge in [-0.1, -0.05) is 0 Å². The van der Waals surface area contributed by atoms with Crippen LogP contribution in [0.2, 0.25) is 0 Å². The molecule has 1 aliphatic rings. The van der Waals surface area contributed by atoms with Crippen molar-refractivity contribution in [2.24, 2.45) is 0 Å². The predicted octanol–water partition coefficient (Wildman–Crippen LogP) is 0.600. The van der Waals surface area contributed by atoms with Gasteiger partial charge >= 0.3 is 5.97 Å². The number of carbonyl (C=O) groups is 1. The van der Waals surface area contributed by atoms with E-state index in [1.807, 2.05) is 13.0 Å². The fourth-order valence-electron chi connectivity index (χ4n) is 2.33. The zero-order valence-corrected chi connectivity index (χ0v) is 12.0. The van der Waals surface area contributed by atoms with Crippen LogP contribution in [0.3, 0.4) is 0 Å². The smallest absolute Gasteiger partial charge is 0.328 e. The standard InChI is InChI=1S/C14H21N3O3/c1-3-20-14(18)13(17-8-6-15-7-9-17)11-4-5-12(19-2)16-10-11/h4-5,10,13,15H,3,6-9H2,1-2H3. The van der Waals surface area contributed by atoms with Crippen LogP contribution in [0.5, 0.6) is 5.88 Å². The summed E-state index contributed by atoms with van der Waals surface area (Å²) in [6, 6.07) is 3.25. The summed E-state index contributed by atoms with van der Waals surface area (Å²) in [4.78, 5) is 18.6. The molecule has 0 aromatic carbocycles. The molecule has 0 radical (unpaired) electrons. The molecule has 2 heterocycles. The normalized spacial score (nSPS) is 17.5. The lowest BCUT2D eigenvalue weighted by Crippen LogP contribution is -2.47. The molecule has 0 saturated carbocycles. The number of esters is 1. The Hall–Kier alpha value is -1.66. The summed E-state index contributed by atoms with van der Waals surface area (Å²) >= 11 is 0. The minimum absolute atomic E-state index is 0.221. The van der Waals surface area contributed by atoms with Crippen molar-refractivity contribution >= 4 is 5.97 Å². The molecule has 1 unspecified atom stereocenters. The number of aromatic nitrogens is 1. The highest BCUT2D eigenvalue weighted by Crippen LogP contribution is 2.23. The van der Waals surface area contributed by atoms with E-state index in [2.05, 4.69) is 15.2 Å². The summed E-state index contributed by atoms with van der Waals surface area (Å²) in [6.45, 7) is 5.58. The Morgan fingerprint density at radius 1 is 1.45 bits per heavy atom. The van der Waals surface area contributed by atoms with Gasteiger partial charge in [0.15, 0.2) is 0 Å². The number of piperazine rings is 1. The van der Waals surface area contributed by atoms with Crippen molar-refractivity contribution in [2.75, 3.05) is 39.9 Å². The Morgan fingerprint density at radius 3 is 2.75 bits per heavy atom. The molecule has 110 valence electrons. The molecule has 1 saturated heterocycles. The molecule has 1 aromatic heterocycles. The van der Waals surface area contributed by atoms with Gasteiger partial charge in [-0.15, -0.1) is 0 Å². The SMILES string of the molecule is CCOC(=O)C(c1ccc(OC)nc1)N1CCNCC1. The van der Waals surface area contributed by atoms with Crippen LogP contribution in [0.25, 0.3) is 0 Å². The van der Waals surface area contributed by atoms with Gasteiger partial charge in [0.1, 0.15) is 6.04 Å². The van der Waals surface area contributed by atoms with Crippen LogP contribution in [0, 0.1) is 0 Å². The molecule has 0 amide bonds. The second-order valence-electron chi connectivity index (χ2n) is 4.57. The first kappa shape index (κ1) is 14.7. The minimum atomic E-state index is -0.393. The highest BCUT2D eigenvalue weighted by atomic mass is 16.5. The third kappa shape index (κ3) is 3.46. The number of ether oxygens (including phenoxy) is 2. The van der Waals surface area contributed by atoms with Gasteiger partial charge in [0.25, 0.3) is 0 Å². The van der Waals surface area contributed by atoms with Gasteiger partial charge < -0.3 is 14.8 Å². The van der Waals surface area contributed by atoms with Crippen LogP contribution < -0.4 is 10.1 Å². The molecule has 20 heavy (non-hydrogen) atoms. The van der Waals surface area contributed by atoms with Gasteiger partial charge in [-0.2, -0.15) is 0 Å². The zero-order valence-electron chi connectivity index (χ0n) is 12.0. The number of rotatable bonds is 5. The number of hydrogen-bond acceptors (Lipinski definition) is 6. The van der Waals surface area contributed by atoms with Gasteiger partial charge in [-0.3, -0.25) is 4.90 Å². The fraction of sp³-hybridized carbons (Fsp3) is 0.571. The highest BCUT2D eigenvalue weighted by molar-refractivity contribution is 5.77. The Kier molecular flexibility index (Phi) is 5.31. The summed E-state index contributed by atoms with van der Waals surface area (Å²) in [5.74, 6) is 0.318. The summed E-state index contributed by atoms with van der Waals surface area (Å²) in [5, 5.41) is 3.28. The molecule has 6 heteroatoms. The van der Waals surface area contributed by atoms with Gasteiger partial charge in [0, 0.05) is 38.4 Å². The third-order valence-corrected chi connectivity index (χ3v) is 3.31. The first-order valence-corrected chi connectivity index (χ1v) is 6.87. The van der Waals surface area contributed by atoms with Gasteiger partial charge in [0.05, 0.1) is 13.7 Å². The second kappa shape index (κ2) is 7.21. The molecule has 6 nitrogen and oxygen atoms in total. The van der Waals surface area contributed by atoms with E-state index in [1.54, 1.807) is 19.4 Å². The van der Waals surface area contributed by atoms with Crippen LogP contribution in [0.1, 0.15) is 18.5 Å². The van der Waals surface area contributed by atoms with E-state index in [0.717, 1.165) is 31.7 Å². The molecule has 1 atom stereocenters. The molecule has 0 spiro atoms. The van der Waals surface area contributed by atoms with E-state index >= 15 is 0 Å². The van der Waals surface area contributed by atoms with Crippen molar-refractivity contribution in [3.63, 3.8) is 0 Å². The molecule has 0 aliphatic carbocycles. The second-order valence-corrected chi connectivity index (χ2v) is 4.57. The number of pyridine rings is 1. The molecule has 2 rings (SSSR count). The van der Waals surface area contributed by atoms with Gasteiger partial charge in [-0.05, 0) is 18.6 Å². The number of carbonyl (C=O) groups excluding carboxylic acids is 1. The van der Waals surface area contributed by atoms with E-state index in [-0.39, 0.29) is 5.97 Å². The fourth-order valence-corrected chi connectivity index (χ4v) is 2.33. The van der Waals surface area contributed by atoms with Crippen LogP contribution in [0.4, 0.5) is 0 Å². The number of nitrogens with zero attached hydrogens (tertiary/aromatic N) is 2. The summed E-state index contributed by atoms with van der Waals surface area (Å²) in [6.07, 6.45) is 1.68. The average Bonchev–Trinajstić information content (AvgIpc) is 2.50. The van der Waals surface area contributed by atoms with E-state index in [9.17, 15) is 4.79 Å². The van der Waals surface area contributed by atoms with Crippen LogP contribution in [-0.4, -0.2) is 55.7 Å². The Bertz CT molecular complexity index is 430. The van der Waals surface area contributed by atoms with E-state index in [1.165, 1.54) is 0 Å². The number of methoxy groups -OCH3 is 1. The summed E-state index contributed by atoms with van der Waals surface area (Å²) in [7, 11) is 1.57. The molecule has 1 fully saturated rings. The summed E-state index contributed by atoms with van der Waals surface area (Å²) in [5.41, 5.74) is 0.839. The van der Waals surface area contributed by atoms with E-state index in [4.69, 9.17) is 9.47 Å². The molecular formula is C14H21N3O3. The van der Waals surface area contributed by atoms with E-state index in [0.29, 0.717) is 12.5 Å². The molecule has 1 N–H and O–H groups in total. The Labute approximate surface area is 119 Å². The lowest BCUT2D eigenvalue weighted by atomic mass is 10.1. The van der Waals surface area contributed by atoms with Crippen molar-refractivity contribution in [3.8, 4) is 5.88 Å². The van der Waals surface area contributed by atoms with E-state index < -0.39 is 6.04 Å². The first-order valence-electron chi connectivity index (χ1n) is 6.87. The zero-order chi connectivity index (χ0) is 14.4. The van der Waals surface area contributed by atoms with Crippen LogP contribution >= 0.6 is 0 Å². The predicted molar refractivity (Wildman–Crippen MR) is 74.6 cm³/mol. The lowest BCUT2D eigenvalue weighted by molar-refractivity contribution is -0.150. The number of hydrogen-bond donors (Lipinski definition) is 1. The maximum absolute atomic E-state index is 12.3. The quantitative estimate of drug-likeness (QED) is 0.796. The topological polar surface area (TPSA) is 63.7 Å². The minimum Gasteiger partial charge on any atom is -0.481 e. The van der Waals surface area contributed by atoms with Crippen molar-refractivity contribution < 1.29 is 14.3 Å². The van der Waals surface area contributed by atoms with Crippen molar-refractivity contribution in [3.05, 3.63) is 23.9 Å². The molecular weight excluding hydrogens is 258 g/mol. The van der Waals surface area contributed by atoms with Gasteiger partial charge in [0.2, 0.25) is 5.88 Å². The van der Waals surface area contributed by atoms with Gasteiger partial charge in [-0.25, -0.2) is 9.78 Å². The van der Waals surface area contributed by atoms with Crippen molar-refractivity contribution in [2.45, 2.75) is 13.0 Å². The first-order chi connectivity index (χ1) is 9.76. The monoisotopic (exact) mass is 279 g/mol. The van der Waals surface area contributed by atoms with Crippen molar-refractivity contribution in [1.82, 2.24) is 15.2 Å². The lowest BCUT2D eigenvalue weighted by Gasteiger charge is -2.33. The maximum Gasteiger partial charge on any atom is 0.328 e. The number of nitrogens with one attached hydrogen (secondary N) is 1. The molecule has 1 aliphatic heterocycles. The molecule has 1 aromatic rings. The maximum atomic E-state index is 12.3. The Morgan fingerprint density at radius 2 is 2.20 bits per heavy atom. The van der Waals surface area contributed by atoms with Crippen LogP contribution in [-0.2, 0) is 9.53 Å². The average molecular weight is 279 g/mol. The summed E-state index contributed by atoms with van der Waals surface area (Å²) < 4.78 is 10.3. The van der Waals surface area contributed by atoms with Crippen molar-refractivity contribution in [1.29, 1.82) is 0 Å². The molecule has 0 bridgehead atoms. The largest absolute Gasteiger partial charge is 0.481 e. The Balaban J connectivity index is 2.21. The van der Waals surface area contributed by atoms with Crippen LogP contribution in [0.15, 0.2) is 18.3 Å². The highest BCUT2D eigenvalue weighted by Gasteiger charge is 2.30.